The zero-order valence-corrected chi connectivity index (χ0v) is 14.1. The number of primary sulfonamides is 1. The molecule has 1 aromatic carbocycles. The predicted molar refractivity (Wildman–Crippen MR) is 89.8 cm³/mol. The first kappa shape index (κ1) is 16.9. The number of anilines is 1. The molecule has 0 aliphatic carbocycles. The van der Waals surface area contributed by atoms with Gasteiger partial charge in [-0.15, -0.1) is 0 Å². The Bertz CT molecular complexity index is 777. The van der Waals surface area contributed by atoms with E-state index in [0.717, 1.165) is 17.7 Å². The Morgan fingerprint density at radius 1 is 1.33 bits per heavy atom. The molecular weight excluding hydrogens is 330 g/mol. The number of nitrogens with two attached hydrogens (primary N) is 1. The molecule has 0 saturated carbocycles. The second-order valence-corrected chi connectivity index (χ2v) is 8.21. The van der Waals surface area contributed by atoms with Gasteiger partial charge in [0.15, 0.2) is 0 Å². The summed E-state index contributed by atoms with van der Waals surface area (Å²) >= 11 is 0. The van der Waals surface area contributed by atoms with Crippen LogP contribution in [0, 0.1) is 0 Å². The van der Waals surface area contributed by atoms with E-state index in [1.165, 1.54) is 0 Å². The van der Waals surface area contributed by atoms with Crippen LogP contribution in [0.15, 0.2) is 24.3 Å². The fourth-order valence-corrected chi connectivity index (χ4v) is 4.18. The molecule has 24 heavy (non-hydrogen) atoms. The van der Waals surface area contributed by atoms with E-state index < -0.39 is 15.4 Å². The number of fused-ring (bicyclic) bond motifs is 2. The number of carbonyl (C=O) groups excluding carboxylic acids is 2. The zero-order valence-electron chi connectivity index (χ0n) is 13.3. The summed E-state index contributed by atoms with van der Waals surface area (Å²) < 4.78 is 21.9. The Morgan fingerprint density at radius 3 is 2.83 bits per heavy atom. The van der Waals surface area contributed by atoms with Crippen molar-refractivity contribution in [2.24, 2.45) is 5.14 Å². The molecular formula is C16H21N3O4S. The second kappa shape index (κ2) is 6.18. The third-order valence-corrected chi connectivity index (χ3v) is 5.65. The molecule has 2 heterocycles. The Kier molecular flexibility index (Phi) is 4.35. The molecule has 1 aromatic rings. The molecule has 8 heteroatoms. The van der Waals surface area contributed by atoms with E-state index in [0.29, 0.717) is 19.5 Å². The number of hydrogen-bond acceptors (Lipinski definition) is 4. The topological polar surface area (TPSA) is 110 Å². The number of piperidine rings is 1. The lowest BCUT2D eigenvalue weighted by Gasteiger charge is -2.39. The standard InChI is InChI=1S/C16H21N3O4S/c17-24(22,23)10-3-7-14(20)19-9-4-8-16(11-19)12-5-1-2-6-13(12)18-15(16)21/h1-2,5-6H,3-4,7-11H2,(H,18,21)(H2,17,22,23)/t16-/m0/s1. The number of nitrogens with one attached hydrogen (secondary N) is 1. The van der Waals surface area contributed by atoms with E-state index in [9.17, 15) is 18.0 Å². The molecule has 2 aliphatic heterocycles. The molecule has 1 spiro atoms. The van der Waals surface area contributed by atoms with Crippen molar-refractivity contribution in [2.75, 3.05) is 24.2 Å². The average Bonchev–Trinajstić information content (AvgIpc) is 2.79. The molecule has 0 bridgehead atoms. The summed E-state index contributed by atoms with van der Waals surface area (Å²) in [4.78, 5) is 26.7. The number of carbonyl (C=O) groups is 2. The maximum atomic E-state index is 12.6. The molecule has 0 aromatic heterocycles. The van der Waals surface area contributed by atoms with Gasteiger partial charge < -0.3 is 10.2 Å². The Morgan fingerprint density at radius 2 is 2.08 bits per heavy atom. The number of hydrogen-bond donors (Lipinski definition) is 2. The van der Waals surface area contributed by atoms with Crippen molar-refractivity contribution >= 4 is 27.5 Å². The third kappa shape index (κ3) is 3.16. The first-order valence-corrected chi connectivity index (χ1v) is 9.73. The zero-order chi connectivity index (χ0) is 17.4. The highest BCUT2D eigenvalue weighted by atomic mass is 32.2. The predicted octanol–water partition coefficient (Wildman–Crippen LogP) is 0.568. The largest absolute Gasteiger partial charge is 0.341 e. The van der Waals surface area contributed by atoms with Crippen molar-refractivity contribution < 1.29 is 18.0 Å². The molecule has 1 fully saturated rings. The number of benzene rings is 1. The van der Waals surface area contributed by atoms with Gasteiger partial charge in [0, 0.05) is 25.2 Å². The molecule has 1 atom stereocenters. The van der Waals surface area contributed by atoms with E-state index >= 15 is 0 Å². The van der Waals surface area contributed by atoms with Gasteiger partial charge in [-0.3, -0.25) is 9.59 Å². The van der Waals surface area contributed by atoms with Crippen molar-refractivity contribution in [3.8, 4) is 0 Å². The van der Waals surface area contributed by atoms with Gasteiger partial charge in [0.1, 0.15) is 0 Å². The lowest BCUT2D eigenvalue weighted by molar-refractivity contribution is -0.135. The van der Waals surface area contributed by atoms with Gasteiger partial charge in [-0.2, -0.15) is 0 Å². The van der Waals surface area contributed by atoms with Crippen molar-refractivity contribution in [1.82, 2.24) is 4.90 Å². The first-order valence-electron chi connectivity index (χ1n) is 8.01. The van der Waals surface area contributed by atoms with Crippen LogP contribution < -0.4 is 10.5 Å². The number of amides is 2. The number of para-hydroxylation sites is 1. The molecule has 3 N–H and O–H groups in total. The van der Waals surface area contributed by atoms with E-state index in [2.05, 4.69) is 5.32 Å². The van der Waals surface area contributed by atoms with E-state index in [1.807, 2.05) is 24.3 Å². The molecule has 2 amide bonds. The van der Waals surface area contributed by atoms with Crippen molar-refractivity contribution in [3.63, 3.8) is 0 Å². The van der Waals surface area contributed by atoms with Gasteiger partial charge in [-0.05, 0) is 30.9 Å². The molecule has 3 rings (SSSR count). The highest BCUT2D eigenvalue weighted by Crippen LogP contribution is 2.43. The number of rotatable bonds is 4. The Hall–Kier alpha value is -1.93. The van der Waals surface area contributed by atoms with Crippen LogP contribution in [0.25, 0.3) is 0 Å². The highest BCUT2D eigenvalue weighted by molar-refractivity contribution is 7.89. The summed E-state index contributed by atoms with van der Waals surface area (Å²) in [5.41, 5.74) is 1.06. The Labute approximate surface area is 141 Å². The fourth-order valence-electron chi connectivity index (χ4n) is 3.63. The first-order chi connectivity index (χ1) is 11.3. The fraction of sp³-hybridized carbons (Fsp3) is 0.500. The van der Waals surface area contributed by atoms with Crippen LogP contribution in [0.4, 0.5) is 5.69 Å². The monoisotopic (exact) mass is 351 g/mol. The molecule has 0 unspecified atom stereocenters. The van der Waals surface area contributed by atoms with Crippen LogP contribution in [0.1, 0.15) is 31.2 Å². The van der Waals surface area contributed by atoms with Crippen molar-refractivity contribution in [2.45, 2.75) is 31.1 Å². The maximum Gasteiger partial charge on any atom is 0.236 e. The molecule has 0 radical (unpaired) electrons. The van der Waals surface area contributed by atoms with Crippen LogP contribution in [-0.2, 0) is 25.0 Å². The number of nitrogens with zero attached hydrogens (tertiary/aromatic N) is 1. The number of likely N-dealkylation sites (tertiary alicyclic amines) is 1. The Balaban J connectivity index is 1.73. The molecule has 1 saturated heterocycles. The van der Waals surface area contributed by atoms with Crippen LogP contribution in [0.5, 0.6) is 0 Å². The van der Waals surface area contributed by atoms with Crippen molar-refractivity contribution in [3.05, 3.63) is 29.8 Å². The minimum Gasteiger partial charge on any atom is -0.341 e. The molecule has 2 aliphatic rings. The van der Waals surface area contributed by atoms with Crippen LogP contribution in [-0.4, -0.2) is 44.0 Å². The van der Waals surface area contributed by atoms with Gasteiger partial charge in [-0.1, -0.05) is 18.2 Å². The lowest BCUT2D eigenvalue weighted by atomic mass is 9.75. The minimum absolute atomic E-state index is 0.0641. The summed E-state index contributed by atoms with van der Waals surface area (Å²) in [7, 11) is -3.56. The van der Waals surface area contributed by atoms with Gasteiger partial charge in [0.25, 0.3) is 0 Å². The number of sulfonamides is 1. The third-order valence-electron chi connectivity index (χ3n) is 4.79. The summed E-state index contributed by atoms with van der Waals surface area (Å²) in [6.45, 7) is 0.926. The van der Waals surface area contributed by atoms with Gasteiger partial charge in [0.05, 0.1) is 11.2 Å². The van der Waals surface area contributed by atoms with E-state index in [1.54, 1.807) is 4.90 Å². The van der Waals surface area contributed by atoms with Crippen molar-refractivity contribution in [1.29, 1.82) is 0 Å². The maximum absolute atomic E-state index is 12.6. The summed E-state index contributed by atoms with van der Waals surface area (Å²) in [5, 5.41) is 7.87. The highest BCUT2D eigenvalue weighted by Gasteiger charge is 2.49. The second-order valence-electron chi connectivity index (χ2n) is 6.47. The van der Waals surface area contributed by atoms with Crippen LogP contribution in [0.2, 0.25) is 0 Å². The van der Waals surface area contributed by atoms with Crippen LogP contribution >= 0.6 is 0 Å². The quantitative estimate of drug-likeness (QED) is 0.826. The van der Waals surface area contributed by atoms with Crippen LogP contribution in [0.3, 0.4) is 0 Å². The summed E-state index contributed by atoms with van der Waals surface area (Å²) in [6.07, 6.45) is 1.76. The average molecular weight is 351 g/mol. The normalized spacial score (nSPS) is 23.2. The van der Waals surface area contributed by atoms with Gasteiger partial charge in [-0.25, -0.2) is 13.6 Å². The minimum atomic E-state index is -3.56. The smallest absolute Gasteiger partial charge is 0.236 e. The summed E-state index contributed by atoms with van der Waals surface area (Å²) in [6, 6.07) is 7.57. The molecule has 130 valence electrons. The van der Waals surface area contributed by atoms with E-state index in [4.69, 9.17) is 5.14 Å². The summed E-state index contributed by atoms with van der Waals surface area (Å²) in [5.74, 6) is -0.401. The van der Waals surface area contributed by atoms with Gasteiger partial charge >= 0.3 is 0 Å². The SMILES string of the molecule is NS(=O)(=O)CCCC(=O)N1CCC[C@@]2(C1)C(=O)Nc1ccccc12. The van der Waals surface area contributed by atoms with E-state index in [-0.39, 0.29) is 30.4 Å². The lowest BCUT2D eigenvalue weighted by Crippen LogP contribution is -2.51. The molecule has 7 nitrogen and oxygen atoms in total. The van der Waals surface area contributed by atoms with Gasteiger partial charge in [0.2, 0.25) is 21.8 Å².